The maximum Gasteiger partial charge on any atom is 0.173 e. The van der Waals surface area contributed by atoms with Crippen molar-refractivity contribution in [3.05, 3.63) is 29.8 Å². The summed E-state index contributed by atoms with van der Waals surface area (Å²) in [6, 6.07) is 8.99. The molecule has 0 aromatic heterocycles. The number of nitrogens with zero attached hydrogens (tertiary/aromatic N) is 1. The van der Waals surface area contributed by atoms with E-state index in [1.54, 1.807) is 0 Å². The van der Waals surface area contributed by atoms with Gasteiger partial charge in [0.15, 0.2) is 5.11 Å². The maximum atomic E-state index is 5.56. The number of hydrogen-bond donors (Lipinski definition) is 1. The number of rotatable bonds is 2. The second kappa shape index (κ2) is 6.19. The summed E-state index contributed by atoms with van der Waals surface area (Å²) in [5.41, 5.74) is 2.36. The Bertz CT molecular complexity index is 417. The number of likely N-dealkylation sites (tertiary alicyclic amines) is 1. The zero-order valence-corrected chi connectivity index (χ0v) is 12.1. The second-order valence-electron chi connectivity index (χ2n) is 5.05. The largest absolute Gasteiger partial charge is 0.346 e. The molecule has 3 heteroatoms. The van der Waals surface area contributed by atoms with Crippen molar-refractivity contribution in [3.8, 4) is 0 Å². The Morgan fingerprint density at radius 2 is 2.28 bits per heavy atom. The summed E-state index contributed by atoms with van der Waals surface area (Å²) in [4.78, 5) is 2.36. The van der Waals surface area contributed by atoms with E-state index in [0.29, 0.717) is 6.04 Å². The van der Waals surface area contributed by atoms with Crippen LogP contribution in [0.25, 0.3) is 0 Å². The van der Waals surface area contributed by atoms with Crippen LogP contribution in [-0.2, 0) is 0 Å². The van der Waals surface area contributed by atoms with Gasteiger partial charge in [-0.2, -0.15) is 0 Å². The Kier molecular flexibility index (Phi) is 4.59. The smallest absolute Gasteiger partial charge is 0.173 e. The van der Waals surface area contributed by atoms with Gasteiger partial charge in [0.25, 0.3) is 0 Å². The minimum atomic E-state index is 0.614. The molecule has 18 heavy (non-hydrogen) atoms. The van der Waals surface area contributed by atoms with Crippen molar-refractivity contribution in [1.82, 2.24) is 4.90 Å². The molecule has 0 radical (unpaired) electrons. The lowest BCUT2D eigenvalue weighted by molar-refractivity contribution is 0.239. The fourth-order valence-corrected chi connectivity index (χ4v) is 2.97. The molecule has 1 aromatic carbocycles. The van der Waals surface area contributed by atoms with Crippen LogP contribution in [0.3, 0.4) is 0 Å². The zero-order chi connectivity index (χ0) is 13.0. The van der Waals surface area contributed by atoms with Gasteiger partial charge in [-0.15, -0.1) is 0 Å². The van der Waals surface area contributed by atoms with Crippen LogP contribution >= 0.6 is 12.2 Å². The van der Waals surface area contributed by atoms with Crippen LogP contribution in [0.15, 0.2) is 24.3 Å². The van der Waals surface area contributed by atoms with Crippen LogP contribution < -0.4 is 5.32 Å². The molecule has 1 fully saturated rings. The van der Waals surface area contributed by atoms with Gasteiger partial charge in [-0.3, -0.25) is 0 Å². The third-order valence-electron chi connectivity index (χ3n) is 3.63. The number of aryl methyl sites for hydroxylation is 1. The topological polar surface area (TPSA) is 15.3 Å². The van der Waals surface area contributed by atoms with E-state index in [9.17, 15) is 0 Å². The van der Waals surface area contributed by atoms with Gasteiger partial charge in [-0.05, 0) is 62.5 Å². The monoisotopic (exact) mass is 262 g/mol. The van der Waals surface area contributed by atoms with E-state index in [2.05, 4.69) is 48.3 Å². The predicted octanol–water partition coefficient (Wildman–Crippen LogP) is 3.96. The fraction of sp³-hybridized carbons (Fsp3) is 0.533. The average Bonchev–Trinajstić information content (AvgIpc) is 2.38. The highest BCUT2D eigenvalue weighted by molar-refractivity contribution is 7.80. The summed E-state index contributed by atoms with van der Waals surface area (Å²) >= 11 is 5.56. The van der Waals surface area contributed by atoms with Gasteiger partial charge >= 0.3 is 0 Å². The van der Waals surface area contributed by atoms with Crippen molar-refractivity contribution < 1.29 is 0 Å². The van der Waals surface area contributed by atoms with Crippen LogP contribution in [0, 0.1) is 6.92 Å². The molecule has 1 atom stereocenters. The molecule has 1 aliphatic rings. The molecular weight excluding hydrogens is 240 g/mol. The molecule has 0 spiro atoms. The lowest BCUT2D eigenvalue weighted by atomic mass is 10.0. The first-order chi connectivity index (χ1) is 8.70. The number of nitrogens with one attached hydrogen (secondary N) is 1. The number of benzene rings is 1. The fourth-order valence-electron chi connectivity index (χ4n) is 2.61. The first kappa shape index (κ1) is 13.3. The Hall–Kier alpha value is -1.09. The zero-order valence-electron chi connectivity index (χ0n) is 11.3. The number of anilines is 1. The average molecular weight is 262 g/mol. The molecule has 1 unspecified atom stereocenters. The molecule has 1 N–H and O–H groups in total. The summed E-state index contributed by atoms with van der Waals surface area (Å²) in [5.74, 6) is 0. The lowest BCUT2D eigenvalue weighted by Gasteiger charge is -2.37. The molecule has 1 heterocycles. The molecule has 0 aliphatic carbocycles. The Morgan fingerprint density at radius 3 is 3.00 bits per heavy atom. The Balaban J connectivity index is 2.02. The summed E-state index contributed by atoms with van der Waals surface area (Å²) in [5, 5.41) is 4.26. The van der Waals surface area contributed by atoms with E-state index in [1.807, 2.05) is 0 Å². The van der Waals surface area contributed by atoms with Gasteiger partial charge in [0.1, 0.15) is 0 Å². The molecule has 98 valence electrons. The summed E-state index contributed by atoms with van der Waals surface area (Å²) in [6.45, 7) is 5.44. The molecular formula is C15H22N2S. The van der Waals surface area contributed by atoms with Gasteiger partial charge in [-0.25, -0.2) is 0 Å². The first-order valence-corrected chi connectivity index (χ1v) is 7.26. The van der Waals surface area contributed by atoms with Gasteiger partial charge in [0.05, 0.1) is 0 Å². The van der Waals surface area contributed by atoms with Gasteiger partial charge in [0.2, 0.25) is 0 Å². The molecule has 2 nitrogen and oxygen atoms in total. The summed E-state index contributed by atoms with van der Waals surface area (Å²) in [7, 11) is 0. The molecule has 1 aromatic rings. The molecule has 2 rings (SSSR count). The van der Waals surface area contributed by atoms with Crippen LogP contribution in [0.1, 0.15) is 38.2 Å². The van der Waals surface area contributed by atoms with Crippen molar-refractivity contribution in [2.75, 3.05) is 11.9 Å². The van der Waals surface area contributed by atoms with E-state index < -0.39 is 0 Å². The molecule has 0 saturated carbocycles. The standard InChI is InChI=1S/C15H22N2S/c1-3-14-9-4-5-10-17(14)15(18)16-13-8-6-7-12(2)11-13/h6-8,11,14H,3-5,9-10H2,1-2H3,(H,16,18). The second-order valence-corrected chi connectivity index (χ2v) is 5.44. The van der Waals surface area contributed by atoms with E-state index >= 15 is 0 Å². The Morgan fingerprint density at radius 1 is 1.44 bits per heavy atom. The van der Waals surface area contributed by atoms with Crippen LogP contribution in [-0.4, -0.2) is 22.6 Å². The minimum absolute atomic E-state index is 0.614. The molecule has 0 amide bonds. The molecule has 0 bridgehead atoms. The van der Waals surface area contributed by atoms with E-state index in [-0.39, 0.29) is 0 Å². The highest BCUT2D eigenvalue weighted by atomic mass is 32.1. The van der Waals surface area contributed by atoms with Crippen LogP contribution in [0.5, 0.6) is 0 Å². The highest BCUT2D eigenvalue weighted by Crippen LogP contribution is 2.21. The number of thiocarbonyl (C=S) groups is 1. The van der Waals surface area contributed by atoms with Crippen molar-refractivity contribution in [3.63, 3.8) is 0 Å². The van der Waals surface area contributed by atoms with Crippen LogP contribution in [0.4, 0.5) is 5.69 Å². The highest BCUT2D eigenvalue weighted by Gasteiger charge is 2.22. The SMILES string of the molecule is CCC1CCCCN1C(=S)Nc1cccc(C)c1. The lowest BCUT2D eigenvalue weighted by Crippen LogP contribution is -2.45. The van der Waals surface area contributed by atoms with Crippen molar-refractivity contribution in [1.29, 1.82) is 0 Å². The third-order valence-corrected chi connectivity index (χ3v) is 3.97. The van der Waals surface area contributed by atoms with Crippen LogP contribution in [0.2, 0.25) is 0 Å². The van der Waals surface area contributed by atoms with E-state index in [4.69, 9.17) is 12.2 Å². The van der Waals surface area contributed by atoms with Gasteiger partial charge in [-0.1, -0.05) is 19.1 Å². The van der Waals surface area contributed by atoms with Gasteiger partial charge in [0, 0.05) is 18.3 Å². The van der Waals surface area contributed by atoms with Gasteiger partial charge < -0.3 is 10.2 Å². The Labute approximate surface area is 115 Å². The summed E-state index contributed by atoms with van der Waals surface area (Å²) in [6.07, 6.45) is 5.04. The first-order valence-electron chi connectivity index (χ1n) is 6.85. The summed E-state index contributed by atoms with van der Waals surface area (Å²) < 4.78 is 0. The quantitative estimate of drug-likeness (QED) is 0.812. The minimum Gasteiger partial charge on any atom is -0.346 e. The predicted molar refractivity (Wildman–Crippen MR) is 82.0 cm³/mol. The van der Waals surface area contributed by atoms with Crippen molar-refractivity contribution >= 4 is 23.0 Å². The third kappa shape index (κ3) is 3.22. The number of piperidine rings is 1. The molecule has 1 saturated heterocycles. The molecule has 1 aliphatic heterocycles. The normalized spacial score (nSPS) is 19.7. The maximum absolute atomic E-state index is 5.56. The number of hydrogen-bond acceptors (Lipinski definition) is 1. The van der Waals surface area contributed by atoms with E-state index in [1.165, 1.54) is 31.2 Å². The van der Waals surface area contributed by atoms with Crippen molar-refractivity contribution in [2.24, 2.45) is 0 Å². The van der Waals surface area contributed by atoms with Crippen molar-refractivity contribution in [2.45, 2.75) is 45.6 Å². The van der Waals surface area contributed by atoms with E-state index in [0.717, 1.165) is 17.3 Å².